The van der Waals surface area contributed by atoms with Crippen LogP contribution in [-0.2, 0) is 10.2 Å². The molecule has 1 amide bonds. The van der Waals surface area contributed by atoms with E-state index in [4.69, 9.17) is 11.6 Å². The highest BCUT2D eigenvalue weighted by Crippen LogP contribution is 2.21. The zero-order chi connectivity index (χ0) is 12.6. The van der Waals surface area contributed by atoms with Gasteiger partial charge in [-0.2, -0.15) is 8.42 Å². The molecule has 1 heterocycles. The van der Waals surface area contributed by atoms with Crippen LogP contribution in [0.15, 0.2) is 24.3 Å². The van der Waals surface area contributed by atoms with Gasteiger partial charge in [-0.3, -0.25) is 4.79 Å². The van der Waals surface area contributed by atoms with Crippen molar-refractivity contribution in [3.05, 3.63) is 34.9 Å². The maximum absolute atomic E-state index is 12.6. The van der Waals surface area contributed by atoms with Crippen molar-refractivity contribution in [1.82, 2.24) is 4.90 Å². The molecule has 0 N–H and O–H groups in total. The van der Waals surface area contributed by atoms with Crippen LogP contribution >= 0.6 is 11.6 Å². The van der Waals surface area contributed by atoms with Crippen molar-refractivity contribution in [3.63, 3.8) is 0 Å². The molecule has 0 bridgehead atoms. The Morgan fingerprint density at radius 3 is 2.59 bits per heavy atom. The molecule has 1 aliphatic rings. The molecule has 0 unspecified atom stereocenters. The summed E-state index contributed by atoms with van der Waals surface area (Å²) in [4.78, 5) is 13.1. The molecule has 1 saturated heterocycles. The number of nitrogens with zero attached hydrogens (tertiary/aromatic N) is 1. The van der Waals surface area contributed by atoms with Crippen LogP contribution in [-0.4, -0.2) is 37.6 Å². The van der Waals surface area contributed by atoms with E-state index in [-0.39, 0.29) is 19.0 Å². The zero-order valence-corrected chi connectivity index (χ0v) is 10.2. The van der Waals surface area contributed by atoms with Crippen LogP contribution < -0.4 is 0 Å². The third-order valence-corrected chi connectivity index (χ3v) is 3.93. The average Bonchev–Trinajstić information content (AvgIpc) is 2.12. The third-order valence-electron chi connectivity index (χ3n) is 2.60. The average molecular weight is 278 g/mol. The predicted octanol–water partition coefficient (Wildman–Crippen LogP) is 1.46. The molecule has 0 spiro atoms. The van der Waals surface area contributed by atoms with Crippen molar-refractivity contribution in [2.45, 2.75) is 5.25 Å². The highest BCUT2D eigenvalue weighted by Gasteiger charge is 2.40. The Labute approximate surface area is 103 Å². The summed E-state index contributed by atoms with van der Waals surface area (Å²) in [5, 5.41) is -0.670. The standard InChI is InChI=1S/C10H9ClFNO3S/c11-8-3-1-2-7(4-8)10(14)13-5-9(6-13)17(12,15)16/h1-4,9H,5-6H2. The lowest BCUT2D eigenvalue weighted by Gasteiger charge is -2.36. The summed E-state index contributed by atoms with van der Waals surface area (Å²) >= 11 is 5.73. The van der Waals surface area contributed by atoms with Crippen molar-refractivity contribution in [3.8, 4) is 0 Å². The third kappa shape index (κ3) is 2.58. The maximum Gasteiger partial charge on any atom is 0.308 e. The fraction of sp³-hybridized carbons (Fsp3) is 0.300. The van der Waals surface area contributed by atoms with E-state index >= 15 is 0 Å². The normalized spacial score (nSPS) is 16.7. The van der Waals surface area contributed by atoms with E-state index in [9.17, 15) is 17.1 Å². The summed E-state index contributed by atoms with van der Waals surface area (Å²) in [6.07, 6.45) is 0. The monoisotopic (exact) mass is 277 g/mol. The molecule has 7 heteroatoms. The van der Waals surface area contributed by atoms with Crippen LogP contribution in [0.1, 0.15) is 10.4 Å². The van der Waals surface area contributed by atoms with Gasteiger partial charge < -0.3 is 4.90 Å². The molecule has 0 radical (unpaired) electrons. The lowest BCUT2D eigenvalue weighted by Crippen LogP contribution is -2.56. The van der Waals surface area contributed by atoms with Crippen LogP contribution in [0.25, 0.3) is 0 Å². The molecule has 1 aromatic rings. The molecule has 1 aliphatic heterocycles. The number of rotatable bonds is 2. The number of halogens is 2. The maximum atomic E-state index is 12.6. The summed E-state index contributed by atoms with van der Waals surface area (Å²) in [6.45, 7) is -0.214. The zero-order valence-electron chi connectivity index (χ0n) is 8.64. The Hall–Kier alpha value is -1.14. The smallest absolute Gasteiger partial charge is 0.308 e. The van der Waals surface area contributed by atoms with Crippen molar-refractivity contribution >= 4 is 27.7 Å². The summed E-state index contributed by atoms with van der Waals surface area (Å²) in [7, 11) is -4.54. The SMILES string of the molecule is O=C(c1cccc(Cl)c1)N1CC(S(=O)(=O)F)C1. The highest BCUT2D eigenvalue weighted by molar-refractivity contribution is 7.87. The summed E-state index contributed by atoms with van der Waals surface area (Å²) < 4.78 is 33.6. The first-order chi connectivity index (χ1) is 7.88. The van der Waals surface area contributed by atoms with Gasteiger partial charge in [0.1, 0.15) is 5.25 Å². The van der Waals surface area contributed by atoms with E-state index in [0.29, 0.717) is 10.6 Å². The molecule has 0 aliphatic carbocycles. The Balaban J connectivity index is 2.05. The minimum absolute atomic E-state index is 0.107. The summed E-state index contributed by atoms with van der Waals surface area (Å²) in [5.41, 5.74) is 0.368. The molecule has 0 saturated carbocycles. The van der Waals surface area contributed by atoms with E-state index in [2.05, 4.69) is 0 Å². The number of hydrogen-bond acceptors (Lipinski definition) is 3. The van der Waals surface area contributed by atoms with Crippen LogP contribution in [0.2, 0.25) is 5.02 Å². The number of likely N-dealkylation sites (tertiary alicyclic amines) is 1. The first-order valence-corrected chi connectivity index (χ1v) is 6.69. The van der Waals surface area contributed by atoms with E-state index < -0.39 is 15.5 Å². The molecule has 0 atom stereocenters. The minimum atomic E-state index is -4.54. The molecule has 92 valence electrons. The van der Waals surface area contributed by atoms with E-state index in [1.165, 1.54) is 11.0 Å². The number of amides is 1. The molecule has 1 aromatic carbocycles. The first kappa shape index (κ1) is 12.3. The Bertz CT molecular complexity index is 554. The molecular formula is C10H9ClFNO3S. The van der Waals surface area contributed by atoms with Gasteiger partial charge in [0.25, 0.3) is 5.91 Å². The number of hydrogen-bond donors (Lipinski definition) is 0. The Morgan fingerprint density at radius 1 is 1.41 bits per heavy atom. The Kier molecular flexibility index (Phi) is 3.09. The minimum Gasteiger partial charge on any atom is -0.336 e. The second kappa shape index (κ2) is 4.27. The largest absolute Gasteiger partial charge is 0.336 e. The van der Waals surface area contributed by atoms with Crippen LogP contribution in [0.4, 0.5) is 3.89 Å². The second-order valence-electron chi connectivity index (χ2n) is 3.82. The van der Waals surface area contributed by atoms with Crippen LogP contribution in [0.5, 0.6) is 0 Å². The molecule has 17 heavy (non-hydrogen) atoms. The van der Waals surface area contributed by atoms with E-state index in [1.807, 2.05) is 0 Å². The van der Waals surface area contributed by atoms with Gasteiger partial charge in [-0.15, -0.1) is 3.89 Å². The van der Waals surface area contributed by atoms with Gasteiger partial charge in [0.05, 0.1) is 0 Å². The van der Waals surface area contributed by atoms with Crippen LogP contribution in [0, 0.1) is 0 Å². The fourth-order valence-corrected chi connectivity index (χ4v) is 2.49. The fourth-order valence-electron chi connectivity index (χ4n) is 1.59. The summed E-state index contributed by atoms with van der Waals surface area (Å²) in [5.74, 6) is -0.340. The molecule has 1 fully saturated rings. The van der Waals surface area contributed by atoms with Gasteiger partial charge in [-0.1, -0.05) is 17.7 Å². The topological polar surface area (TPSA) is 54.5 Å². The highest BCUT2D eigenvalue weighted by atomic mass is 35.5. The number of benzene rings is 1. The van der Waals surface area contributed by atoms with Gasteiger partial charge in [-0.05, 0) is 18.2 Å². The molecular weight excluding hydrogens is 269 g/mol. The lowest BCUT2D eigenvalue weighted by molar-refractivity contribution is 0.0656. The summed E-state index contributed by atoms with van der Waals surface area (Å²) in [6, 6.07) is 6.31. The van der Waals surface area contributed by atoms with Crippen molar-refractivity contribution in [1.29, 1.82) is 0 Å². The van der Waals surface area contributed by atoms with Crippen LogP contribution in [0.3, 0.4) is 0 Å². The number of carbonyl (C=O) groups excluding carboxylic acids is 1. The van der Waals surface area contributed by atoms with Crippen molar-refractivity contribution in [2.75, 3.05) is 13.1 Å². The quantitative estimate of drug-likeness (QED) is 0.769. The molecule has 2 rings (SSSR count). The van der Waals surface area contributed by atoms with Gasteiger partial charge in [0, 0.05) is 23.7 Å². The van der Waals surface area contributed by atoms with Crippen molar-refractivity contribution < 1.29 is 17.1 Å². The van der Waals surface area contributed by atoms with Crippen molar-refractivity contribution in [2.24, 2.45) is 0 Å². The second-order valence-corrected chi connectivity index (χ2v) is 5.87. The predicted molar refractivity (Wildman–Crippen MR) is 61.2 cm³/mol. The van der Waals surface area contributed by atoms with E-state index in [0.717, 1.165) is 0 Å². The van der Waals surface area contributed by atoms with Gasteiger partial charge in [0.2, 0.25) is 0 Å². The van der Waals surface area contributed by atoms with Gasteiger partial charge >= 0.3 is 10.2 Å². The first-order valence-electron chi connectivity index (χ1n) is 4.86. The number of carbonyl (C=O) groups is 1. The van der Waals surface area contributed by atoms with E-state index in [1.54, 1.807) is 18.2 Å². The molecule has 0 aromatic heterocycles. The van der Waals surface area contributed by atoms with Gasteiger partial charge in [-0.25, -0.2) is 0 Å². The Morgan fingerprint density at radius 2 is 2.06 bits per heavy atom. The van der Waals surface area contributed by atoms with Gasteiger partial charge in [0.15, 0.2) is 0 Å². The lowest BCUT2D eigenvalue weighted by atomic mass is 10.1. The molecule has 4 nitrogen and oxygen atoms in total.